The lowest BCUT2D eigenvalue weighted by Crippen LogP contribution is -2.09. The van der Waals surface area contributed by atoms with E-state index in [1.54, 1.807) is 0 Å². The lowest BCUT2D eigenvalue weighted by atomic mass is 10.4. The molecule has 0 saturated heterocycles. The molecule has 12 heavy (non-hydrogen) atoms. The number of ketones is 1. The number of Topliss-reactive ketones (excluding diaryl/α,β-unsaturated/α-hetero) is 1. The maximum atomic E-state index is 10.8. The molecule has 0 aromatic carbocycles. The van der Waals surface area contributed by atoms with Gasteiger partial charge in [0.25, 0.3) is 0 Å². The second-order valence-electron chi connectivity index (χ2n) is 2.22. The Morgan fingerprint density at radius 3 is 2.33 bits per heavy atom. The van der Waals surface area contributed by atoms with Crippen molar-refractivity contribution < 1.29 is 13.2 Å². The molecular formula is C6H7NO3S2. The summed E-state index contributed by atoms with van der Waals surface area (Å²) in [6.45, 7) is 1.37. The largest absolute Gasteiger partial charge is 0.294 e. The van der Waals surface area contributed by atoms with Crippen molar-refractivity contribution in [2.45, 2.75) is 11.1 Å². The van der Waals surface area contributed by atoms with Gasteiger partial charge in [-0.1, -0.05) is 0 Å². The third-order valence-electron chi connectivity index (χ3n) is 1.21. The zero-order valence-corrected chi connectivity index (χ0v) is 7.91. The van der Waals surface area contributed by atoms with Gasteiger partial charge in [-0.15, -0.1) is 11.3 Å². The molecule has 0 aliphatic rings. The van der Waals surface area contributed by atoms with E-state index in [0.29, 0.717) is 4.88 Å². The molecule has 66 valence electrons. The van der Waals surface area contributed by atoms with E-state index in [-0.39, 0.29) is 9.99 Å². The number of hydrogen-bond donors (Lipinski definition) is 1. The highest BCUT2D eigenvalue weighted by atomic mass is 32.2. The van der Waals surface area contributed by atoms with Crippen molar-refractivity contribution in [3.8, 4) is 0 Å². The topological polar surface area (TPSA) is 77.2 Å². The Balaban J connectivity index is 3.17. The summed E-state index contributed by atoms with van der Waals surface area (Å²) in [7, 11) is -3.65. The Morgan fingerprint density at radius 1 is 1.50 bits per heavy atom. The van der Waals surface area contributed by atoms with Gasteiger partial charge in [0.05, 0.1) is 4.88 Å². The first kappa shape index (κ1) is 9.37. The van der Waals surface area contributed by atoms with Gasteiger partial charge >= 0.3 is 0 Å². The monoisotopic (exact) mass is 205 g/mol. The van der Waals surface area contributed by atoms with Crippen LogP contribution in [0, 0.1) is 0 Å². The third kappa shape index (κ3) is 1.90. The molecule has 4 nitrogen and oxygen atoms in total. The second kappa shape index (κ2) is 2.96. The molecule has 1 aromatic rings. The van der Waals surface area contributed by atoms with Crippen molar-refractivity contribution in [2.24, 2.45) is 5.14 Å². The van der Waals surface area contributed by atoms with Crippen LogP contribution in [0.1, 0.15) is 16.6 Å². The lowest BCUT2D eigenvalue weighted by molar-refractivity contribution is 0.102. The van der Waals surface area contributed by atoms with E-state index in [2.05, 4.69) is 0 Å². The second-order valence-corrected chi connectivity index (χ2v) is 5.09. The van der Waals surface area contributed by atoms with Crippen LogP contribution in [0.15, 0.2) is 16.3 Å². The fourth-order valence-electron chi connectivity index (χ4n) is 0.662. The summed E-state index contributed by atoms with van der Waals surface area (Å²) in [4.78, 5) is 11.2. The van der Waals surface area contributed by atoms with Gasteiger partial charge in [0, 0.05) is 0 Å². The van der Waals surface area contributed by atoms with E-state index >= 15 is 0 Å². The minimum Gasteiger partial charge on any atom is -0.294 e. The van der Waals surface area contributed by atoms with Crippen LogP contribution in [0.3, 0.4) is 0 Å². The number of sulfonamides is 1. The van der Waals surface area contributed by atoms with Crippen molar-refractivity contribution in [1.29, 1.82) is 0 Å². The van der Waals surface area contributed by atoms with Crippen LogP contribution < -0.4 is 5.14 Å². The fourth-order valence-corrected chi connectivity index (χ4v) is 2.29. The predicted octanol–water partition coefficient (Wildman–Crippen LogP) is 0.598. The molecule has 1 heterocycles. The molecule has 1 aromatic heterocycles. The van der Waals surface area contributed by atoms with E-state index in [1.165, 1.54) is 19.1 Å². The maximum absolute atomic E-state index is 10.8. The molecule has 0 radical (unpaired) electrons. The summed E-state index contributed by atoms with van der Waals surface area (Å²) in [6, 6.07) is 2.78. The number of rotatable bonds is 2. The van der Waals surface area contributed by atoms with Crippen molar-refractivity contribution in [3.63, 3.8) is 0 Å². The molecular weight excluding hydrogens is 198 g/mol. The Morgan fingerprint density at radius 2 is 2.08 bits per heavy atom. The Kier molecular flexibility index (Phi) is 2.31. The predicted molar refractivity (Wildman–Crippen MR) is 45.7 cm³/mol. The summed E-state index contributed by atoms with van der Waals surface area (Å²) in [5.74, 6) is -0.157. The summed E-state index contributed by atoms with van der Waals surface area (Å²) in [6.07, 6.45) is 0. The molecule has 1 rings (SSSR count). The Bertz CT molecular complexity index is 404. The van der Waals surface area contributed by atoms with Crippen LogP contribution in [0.25, 0.3) is 0 Å². The molecule has 2 N–H and O–H groups in total. The first-order valence-electron chi connectivity index (χ1n) is 3.05. The first-order valence-corrected chi connectivity index (χ1v) is 5.41. The van der Waals surface area contributed by atoms with Crippen LogP contribution in [-0.2, 0) is 10.0 Å². The number of nitrogens with two attached hydrogens (primary N) is 1. The molecule has 0 spiro atoms. The zero-order chi connectivity index (χ0) is 9.35. The standard InChI is InChI=1S/C6H7NO3S2/c1-4(8)5-2-3-6(11-5)12(7,9)10/h2-3H,1H3,(H2,7,9,10). The number of carbonyl (C=O) groups excluding carboxylic acids is 1. The van der Waals surface area contributed by atoms with Crippen LogP contribution in [0.4, 0.5) is 0 Å². The average Bonchev–Trinajstić information content (AvgIpc) is 2.30. The Hall–Kier alpha value is -0.720. The molecule has 0 unspecified atom stereocenters. The number of thiophene rings is 1. The number of carbonyl (C=O) groups is 1. The van der Waals surface area contributed by atoms with Crippen LogP contribution in [-0.4, -0.2) is 14.2 Å². The molecule has 0 aliphatic carbocycles. The average molecular weight is 205 g/mol. The molecule has 0 saturated carbocycles. The SMILES string of the molecule is CC(=O)c1ccc(S(N)(=O)=O)s1. The molecule has 0 bridgehead atoms. The van der Waals surface area contributed by atoms with Gasteiger partial charge in [0.2, 0.25) is 10.0 Å². The number of hydrogen-bond acceptors (Lipinski definition) is 4. The highest BCUT2D eigenvalue weighted by Gasteiger charge is 2.12. The molecule has 0 amide bonds. The smallest absolute Gasteiger partial charge is 0.247 e. The molecule has 6 heteroatoms. The van der Waals surface area contributed by atoms with Crippen molar-refractivity contribution in [2.75, 3.05) is 0 Å². The molecule has 0 aliphatic heterocycles. The van der Waals surface area contributed by atoms with E-state index < -0.39 is 10.0 Å². The van der Waals surface area contributed by atoms with E-state index in [9.17, 15) is 13.2 Å². The quantitative estimate of drug-likeness (QED) is 0.718. The number of primary sulfonamides is 1. The van der Waals surface area contributed by atoms with Crippen molar-refractivity contribution >= 4 is 27.1 Å². The lowest BCUT2D eigenvalue weighted by Gasteiger charge is -1.88. The van der Waals surface area contributed by atoms with Gasteiger partial charge in [-0.25, -0.2) is 13.6 Å². The fraction of sp³-hybridized carbons (Fsp3) is 0.167. The third-order valence-corrected chi connectivity index (χ3v) is 3.83. The van der Waals surface area contributed by atoms with Crippen molar-refractivity contribution in [1.82, 2.24) is 0 Å². The van der Waals surface area contributed by atoms with E-state index in [0.717, 1.165) is 11.3 Å². The summed E-state index contributed by atoms with van der Waals surface area (Å²) in [5, 5.41) is 4.84. The maximum Gasteiger partial charge on any atom is 0.247 e. The molecule has 0 atom stereocenters. The van der Waals surface area contributed by atoms with Gasteiger partial charge in [-0.05, 0) is 19.1 Å². The van der Waals surface area contributed by atoms with Gasteiger partial charge in [0.1, 0.15) is 4.21 Å². The molecule has 0 fully saturated rings. The zero-order valence-electron chi connectivity index (χ0n) is 6.27. The first-order chi connectivity index (χ1) is 5.41. The van der Waals surface area contributed by atoms with Gasteiger partial charge in [-0.3, -0.25) is 4.79 Å². The minimum absolute atomic E-state index is 0.0210. The summed E-state index contributed by atoms with van der Waals surface area (Å²) >= 11 is 0.885. The minimum atomic E-state index is -3.65. The van der Waals surface area contributed by atoms with Gasteiger partial charge in [0.15, 0.2) is 5.78 Å². The van der Waals surface area contributed by atoms with Crippen LogP contribution >= 0.6 is 11.3 Å². The van der Waals surface area contributed by atoms with Crippen molar-refractivity contribution in [3.05, 3.63) is 17.0 Å². The summed E-state index contributed by atoms with van der Waals surface area (Å²) < 4.78 is 21.5. The van der Waals surface area contributed by atoms with E-state index in [1.807, 2.05) is 0 Å². The van der Waals surface area contributed by atoms with Crippen LogP contribution in [0.5, 0.6) is 0 Å². The normalized spacial score (nSPS) is 11.5. The van der Waals surface area contributed by atoms with Crippen LogP contribution in [0.2, 0.25) is 0 Å². The van der Waals surface area contributed by atoms with E-state index in [4.69, 9.17) is 5.14 Å². The summed E-state index contributed by atoms with van der Waals surface area (Å²) in [5.41, 5.74) is 0. The van der Waals surface area contributed by atoms with Gasteiger partial charge < -0.3 is 0 Å². The highest BCUT2D eigenvalue weighted by Crippen LogP contribution is 2.20. The Labute approximate surface area is 74.1 Å². The highest BCUT2D eigenvalue weighted by molar-refractivity contribution is 7.91. The van der Waals surface area contributed by atoms with Gasteiger partial charge in [-0.2, -0.15) is 0 Å².